The van der Waals surface area contributed by atoms with Gasteiger partial charge in [0.1, 0.15) is 0 Å². The van der Waals surface area contributed by atoms with Gasteiger partial charge in [-0.3, -0.25) is 4.79 Å². The number of aliphatic hydroxyl groups is 2. The van der Waals surface area contributed by atoms with Crippen LogP contribution in [0.1, 0.15) is 18.6 Å². The van der Waals surface area contributed by atoms with Gasteiger partial charge in [-0.1, -0.05) is 6.07 Å². The topological polar surface area (TPSA) is 64.0 Å². The monoisotopic (exact) mass is 250 g/mol. The first-order valence-electron chi connectivity index (χ1n) is 6.05. The lowest BCUT2D eigenvalue weighted by molar-refractivity contribution is -0.125. The maximum Gasteiger partial charge on any atom is 0.260 e. The lowest BCUT2D eigenvalue weighted by atomic mass is 10.1. The number of aliphatic hydroxyl groups excluding tert-OH is 2. The number of fused-ring (bicyclic) bond motifs is 1. The minimum absolute atomic E-state index is 0.0856. The highest BCUT2D eigenvalue weighted by Crippen LogP contribution is 2.37. The molecule has 2 N–H and O–H groups in total. The zero-order valence-corrected chi connectivity index (χ0v) is 10.6. The summed E-state index contributed by atoms with van der Waals surface area (Å²) in [6.45, 7) is 3.42. The van der Waals surface area contributed by atoms with Crippen molar-refractivity contribution >= 4 is 17.3 Å². The van der Waals surface area contributed by atoms with Gasteiger partial charge < -0.3 is 20.0 Å². The molecule has 0 aromatic heterocycles. The molecular formula is C13H18N2O3. The van der Waals surface area contributed by atoms with Crippen molar-refractivity contribution in [3.63, 3.8) is 0 Å². The van der Waals surface area contributed by atoms with E-state index in [-0.39, 0.29) is 12.5 Å². The first kappa shape index (κ1) is 12.9. The van der Waals surface area contributed by atoms with Gasteiger partial charge in [-0.2, -0.15) is 0 Å². The number of rotatable bonds is 4. The van der Waals surface area contributed by atoms with E-state index in [9.17, 15) is 9.90 Å². The van der Waals surface area contributed by atoms with Gasteiger partial charge in [-0.05, 0) is 19.1 Å². The molecule has 1 atom stereocenters. The fourth-order valence-corrected chi connectivity index (χ4v) is 2.28. The van der Waals surface area contributed by atoms with Crippen LogP contribution in [-0.4, -0.2) is 42.9 Å². The van der Waals surface area contributed by atoms with Gasteiger partial charge >= 0.3 is 0 Å². The fraction of sp³-hybridized carbons (Fsp3) is 0.462. The molecule has 0 spiro atoms. The first-order valence-corrected chi connectivity index (χ1v) is 6.05. The zero-order chi connectivity index (χ0) is 13.3. The summed E-state index contributed by atoms with van der Waals surface area (Å²) in [5.41, 5.74) is 2.33. The van der Waals surface area contributed by atoms with E-state index in [1.807, 2.05) is 24.0 Å². The molecule has 1 aromatic rings. The summed E-state index contributed by atoms with van der Waals surface area (Å²) >= 11 is 0. The average molecular weight is 250 g/mol. The molecule has 1 unspecified atom stereocenters. The summed E-state index contributed by atoms with van der Waals surface area (Å²) in [4.78, 5) is 15.1. The van der Waals surface area contributed by atoms with Crippen molar-refractivity contribution in [1.82, 2.24) is 0 Å². The Morgan fingerprint density at radius 3 is 2.78 bits per heavy atom. The van der Waals surface area contributed by atoms with Gasteiger partial charge in [0.25, 0.3) is 5.91 Å². The van der Waals surface area contributed by atoms with Crippen LogP contribution in [0.15, 0.2) is 18.2 Å². The Morgan fingerprint density at radius 1 is 1.44 bits per heavy atom. The molecule has 1 amide bonds. The van der Waals surface area contributed by atoms with E-state index in [0.29, 0.717) is 12.1 Å². The second-order valence-corrected chi connectivity index (χ2v) is 4.35. The Labute approximate surface area is 106 Å². The SMILES string of the molecule is CCN(CCO)c1ccc2c(c1)N(C)C(=O)C2O. The Morgan fingerprint density at radius 2 is 2.17 bits per heavy atom. The zero-order valence-electron chi connectivity index (χ0n) is 10.6. The van der Waals surface area contributed by atoms with Crippen LogP contribution < -0.4 is 9.80 Å². The van der Waals surface area contributed by atoms with E-state index < -0.39 is 6.10 Å². The molecule has 0 aliphatic carbocycles. The third kappa shape index (κ3) is 1.95. The summed E-state index contributed by atoms with van der Waals surface area (Å²) in [7, 11) is 1.66. The van der Waals surface area contributed by atoms with Crippen molar-refractivity contribution in [2.45, 2.75) is 13.0 Å². The molecule has 0 saturated carbocycles. The molecule has 0 saturated heterocycles. The van der Waals surface area contributed by atoms with Crippen LogP contribution in [-0.2, 0) is 4.79 Å². The van der Waals surface area contributed by atoms with Gasteiger partial charge in [0.15, 0.2) is 6.10 Å². The van der Waals surface area contributed by atoms with Gasteiger partial charge in [0, 0.05) is 31.4 Å². The van der Waals surface area contributed by atoms with Crippen LogP contribution in [0.3, 0.4) is 0 Å². The average Bonchev–Trinajstić information content (AvgIpc) is 2.61. The molecule has 1 aliphatic heterocycles. The number of carbonyl (C=O) groups is 1. The number of amides is 1. The number of hydrogen-bond donors (Lipinski definition) is 2. The van der Waals surface area contributed by atoms with Crippen molar-refractivity contribution in [2.24, 2.45) is 0 Å². The first-order chi connectivity index (χ1) is 8.60. The predicted molar refractivity (Wildman–Crippen MR) is 69.8 cm³/mol. The molecule has 18 heavy (non-hydrogen) atoms. The van der Waals surface area contributed by atoms with E-state index >= 15 is 0 Å². The molecule has 1 aromatic carbocycles. The number of carbonyl (C=O) groups excluding carboxylic acids is 1. The largest absolute Gasteiger partial charge is 0.395 e. The van der Waals surface area contributed by atoms with Crippen molar-refractivity contribution < 1.29 is 15.0 Å². The minimum atomic E-state index is -1.05. The molecule has 5 heteroatoms. The molecule has 5 nitrogen and oxygen atoms in total. The fourth-order valence-electron chi connectivity index (χ4n) is 2.28. The Bertz CT molecular complexity index is 462. The van der Waals surface area contributed by atoms with E-state index in [4.69, 9.17) is 5.11 Å². The smallest absolute Gasteiger partial charge is 0.260 e. The van der Waals surface area contributed by atoms with Crippen LogP contribution in [0.4, 0.5) is 11.4 Å². The standard InChI is InChI=1S/C13H18N2O3/c1-3-15(6-7-16)9-4-5-10-11(8-9)14(2)13(18)12(10)17/h4-5,8,12,16-17H,3,6-7H2,1-2H3. The van der Waals surface area contributed by atoms with Crippen molar-refractivity contribution in [3.05, 3.63) is 23.8 Å². The Kier molecular flexibility index (Phi) is 3.54. The summed E-state index contributed by atoms with van der Waals surface area (Å²) in [5.74, 6) is -0.299. The van der Waals surface area contributed by atoms with Crippen LogP contribution in [0.25, 0.3) is 0 Å². The second-order valence-electron chi connectivity index (χ2n) is 4.35. The van der Waals surface area contributed by atoms with E-state index in [1.165, 1.54) is 4.90 Å². The third-order valence-corrected chi connectivity index (χ3v) is 3.35. The minimum Gasteiger partial charge on any atom is -0.395 e. The van der Waals surface area contributed by atoms with Crippen molar-refractivity contribution in [3.8, 4) is 0 Å². The molecule has 0 fully saturated rings. The predicted octanol–water partition coefficient (Wildman–Crippen LogP) is 0.515. The van der Waals surface area contributed by atoms with Crippen LogP contribution in [0.2, 0.25) is 0 Å². The quantitative estimate of drug-likeness (QED) is 0.817. The number of nitrogens with zero attached hydrogens (tertiary/aromatic N) is 2. The lowest BCUT2D eigenvalue weighted by Crippen LogP contribution is -2.26. The number of likely N-dealkylation sites (N-methyl/N-ethyl adjacent to an activating group) is 2. The Balaban J connectivity index is 2.36. The van der Waals surface area contributed by atoms with Crippen molar-refractivity contribution in [1.29, 1.82) is 0 Å². The maximum absolute atomic E-state index is 11.7. The molecular weight excluding hydrogens is 232 g/mol. The number of hydrogen-bond acceptors (Lipinski definition) is 4. The summed E-state index contributed by atoms with van der Waals surface area (Å²) < 4.78 is 0. The molecule has 2 rings (SSSR count). The highest BCUT2D eigenvalue weighted by atomic mass is 16.3. The van der Waals surface area contributed by atoms with Gasteiger partial charge in [0.05, 0.1) is 12.3 Å². The van der Waals surface area contributed by atoms with Crippen LogP contribution in [0, 0.1) is 0 Å². The highest BCUT2D eigenvalue weighted by Gasteiger charge is 2.33. The van der Waals surface area contributed by atoms with Crippen LogP contribution >= 0.6 is 0 Å². The summed E-state index contributed by atoms with van der Waals surface area (Å²) in [6.07, 6.45) is -1.05. The third-order valence-electron chi connectivity index (χ3n) is 3.35. The second kappa shape index (κ2) is 4.96. The van der Waals surface area contributed by atoms with Gasteiger partial charge in [-0.15, -0.1) is 0 Å². The summed E-state index contributed by atoms with van der Waals surface area (Å²) in [5, 5.41) is 18.8. The van der Waals surface area contributed by atoms with Gasteiger partial charge in [0.2, 0.25) is 0 Å². The molecule has 1 aliphatic rings. The Hall–Kier alpha value is -1.59. The normalized spacial score (nSPS) is 18.1. The van der Waals surface area contributed by atoms with Gasteiger partial charge in [-0.25, -0.2) is 0 Å². The van der Waals surface area contributed by atoms with E-state index in [1.54, 1.807) is 13.1 Å². The molecule has 0 bridgehead atoms. The van der Waals surface area contributed by atoms with Crippen LogP contribution in [0.5, 0.6) is 0 Å². The highest BCUT2D eigenvalue weighted by molar-refractivity contribution is 6.03. The lowest BCUT2D eigenvalue weighted by Gasteiger charge is -2.23. The van der Waals surface area contributed by atoms with E-state index in [0.717, 1.165) is 17.9 Å². The summed E-state index contributed by atoms with van der Waals surface area (Å²) in [6, 6.07) is 5.52. The molecule has 98 valence electrons. The number of benzene rings is 1. The van der Waals surface area contributed by atoms with Crippen molar-refractivity contribution in [2.75, 3.05) is 36.5 Å². The molecule has 0 radical (unpaired) electrons. The van der Waals surface area contributed by atoms with E-state index in [2.05, 4.69) is 0 Å². The molecule has 1 heterocycles. The number of anilines is 2. The maximum atomic E-state index is 11.7.